The van der Waals surface area contributed by atoms with E-state index in [2.05, 4.69) is 5.73 Å². The molecule has 0 spiro atoms. The molecule has 1 unspecified atom stereocenters. The molecular formula is C13H11ClO. The lowest BCUT2D eigenvalue weighted by Crippen LogP contribution is -1.95. The molecule has 0 heterocycles. The van der Waals surface area contributed by atoms with Gasteiger partial charge >= 0.3 is 0 Å². The summed E-state index contributed by atoms with van der Waals surface area (Å²) in [6, 6.07) is 10.0. The van der Waals surface area contributed by atoms with Gasteiger partial charge in [-0.2, -0.15) is 0 Å². The number of alkyl halides is 1. The molecule has 0 aliphatic heterocycles. The van der Waals surface area contributed by atoms with Gasteiger partial charge < -0.3 is 4.74 Å². The maximum absolute atomic E-state index is 5.83. The Morgan fingerprint density at radius 2 is 2.07 bits per heavy atom. The number of benzene rings is 1. The van der Waals surface area contributed by atoms with Crippen LogP contribution < -0.4 is 0 Å². The van der Waals surface area contributed by atoms with Crippen molar-refractivity contribution in [3.8, 4) is 0 Å². The first-order valence-electron chi connectivity index (χ1n) is 4.80. The standard InChI is InChI=1S/C13H11ClO/c14-12-6-8-13(9-7-12)15-10-11-4-2-1-3-5-11/h1-8,12H,10H2. The van der Waals surface area contributed by atoms with Gasteiger partial charge in [-0.05, 0) is 17.7 Å². The van der Waals surface area contributed by atoms with Crippen molar-refractivity contribution in [2.45, 2.75) is 12.0 Å². The average molecular weight is 219 g/mol. The fourth-order valence-corrected chi connectivity index (χ4v) is 1.41. The summed E-state index contributed by atoms with van der Waals surface area (Å²) in [5.74, 6) is 0.732. The van der Waals surface area contributed by atoms with Crippen LogP contribution in [0.25, 0.3) is 0 Å². The van der Waals surface area contributed by atoms with Crippen molar-refractivity contribution in [2.24, 2.45) is 0 Å². The molecule has 2 heteroatoms. The predicted octanol–water partition coefficient (Wildman–Crippen LogP) is 3.42. The largest absolute Gasteiger partial charge is 0.481 e. The molecule has 2 rings (SSSR count). The van der Waals surface area contributed by atoms with E-state index in [-0.39, 0.29) is 5.38 Å². The second kappa shape index (κ2) is 4.88. The van der Waals surface area contributed by atoms with Crippen LogP contribution in [0.4, 0.5) is 0 Å². The first-order chi connectivity index (χ1) is 7.34. The van der Waals surface area contributed by atoms with Gasteiger partial charge in [-0.1, -0.05) is 42.1 Å². The molecule has 1 aromatic rings. The Kier molecular flexibility index (Phi) is 3.29. The first kappa shape index (κ1) is 10.1. The van der Waals surface area contributed by atoms with Gasteiger partial charge in [0.25, 0.3) is 0 Å². The highest BCUT2D eigenvalue weighted by molar-refractivity contribution is 6.23. The minimum atomic E-state index is -0.0610. The van der Waals surface area contributed by atoms with Crippen LogP contribution >= 0.6 is 11.6 Å². The first-order valence-corrected chi connectivity index (χ1v) is 5.24. The number of hydrogen-bond donors (Lipinski definition) is 0. The zero-order chi connectivity index (χ0) is 10.5. The Morgan fingerprint density at radius 1 is 1.27 bits per heavy atom. The summed E-state index contributed by atoms with van der Waals surface area (Å²) >= 11 is 5.83. The van der Waals surface area contributed by atoms with Gasteiger partial charge in [-0.3, -0.25) is 0 Å². The van der Waals surface area contributed by atoms with E-state index in [1.807, 2.05) is 42.5 Å². The summed E-state index contributed by atoms with van der Waals surface area (Å²) in [7, 11) is 0. The molecule has 1 aliphatic rings. The van der Waals surface area contributed by atoms with E-state index in [4.69, 9.17) is 16.3 Å². The zero-order valence-electron chi connectivity index (χ0n) is 8.19. The molecule has 1 aromatic carbocycles. The SMILES string of the molecule is ClC1C=C=C(OCc2ccccc2)C=C1. The second-order valence-electron chi connectivity index (χ2n) is 3.25. The predicted molar refractivity (Wildman–Crippen MR) is 61.6 cm³/mol. The lowest BCUT2D eigenvalue weighted by molar-refractivity contribution is 0.211. The minimum Gasteiger partial charge on any atom is -0.481 e. The van der Waals surface area contributed by atoms with E-state index >= 15 is 0 Å². The third kappa shape index (κ3) is 3.02. The van der Waals surface area contributed by atoms with Crippen molar-refractivity contribution >= 4 is 11.6 Å². The Labute approximate surface area is 94.3 Å². The summed E-state index contributed by atoms with van der Waals surface area (Å²) in [4.78, 5) is 0. The number of rotatable bonds is 3. The quantitative estimate of drug-likeness (QED) is 0.558. The average Bonchev–Trinajstić information content (AvgIpc) is 2.30. The Morgan fingerprint density at radius 3 is 2.73 bits per heavy atom. The Bertz CT molecular complexity index is 413. The molecule has 0 radical (unpaired) electrons. The van der Waals surface area contributed by atoms with Crippen LogP contribution in [0.15, 0.2) is 60.1 Å². The van der Waals surface area contributed by atoms with E-state index in [1.165, 1.54) is 0 Å². The van der Waals surface area contributed by atoms with Crippen LogP contribution in [0.2, 0.25) is 0 Å². The van der Waals surface area contributed by atoms with Gasteiger partial charge in [-0.15, -0.1) is 11.6 Å². The van der Waals surface area contributed by atoms with Crippen LogP contribution in [0.1, 0.15) is 5.56 Å². The molecule has 0 fully saturated rings. The van der Waals surface area contributed by atoms with Crippen molar-refractivity contribution in [1.29, 1.82) is 0 Å². The normalized spacial score (nSPS) is 18.7. The van der Waals surface area contributed by atoms with E-state index in [1.54, 1.807) is 6.08 Å². The third-order valence-corrected chi connectivity index (χ3v) is 2.32. The number of allylic oxidation sites excluding steroid dienone is 2. The topological polar surface area (TPSA) is 9.23 Å². The molecule has 15 heavy (non-hydrogen) atoms. The minimum absolute atomic E-state index is 0.0610. The smallest absolute Gasteiger partial charge is 0.162 e. The Balaban J connectivity index is 1.95. The Hall–Kier alpha value is -1.43. The molecule has 0 bridgehead atoms. The number of ether oxygens (including phenoxy) is 1. The van der Waals surface area contributed by atoms with Gasteiger partial charge in [0.15, 0.2) is 5.76 Å². The van der Waals surface area contributed by atoms with Crippen molar-refractivity contribution in [1.82, 2.24) is 0 Å². The fourth-order valence-electron chi connectivity index (χ4n) is 1.27. The van der Waals surface area contributed by atoms with E-state index in [9.17, 15) is 0 Å². The van der Waals surface area contributed by atoms with Gasteiger partial charge in [-0.25, -0.2) is 0 Å². The number of halogens is 1. The van der Waals surface area contributed by atoms with Crippen LogP contribution in [0.3, 0.4) is 0 Å². The van der Waals surface area contributed by atoms with Crippen molar-refractivity contribution in [3.05, 3.63) is 65.6 Å². The molecule has 1 aliphatic carbocycles. The lowest BCUT2D eigenvalue weighted by Gasteiger charge is -2.07. The van der Waals surface area contributed by atoms with Crippen LogP contribution in [0, 0.1) is 0 Å². The fraction of sp³-hybridized carbons (Fsp3) is 0.154. The molecule has 0 saturated carbocycles. The van der Waals surface area contributed by atoms with Gasteiger partial charge in [0.1, 0.15) is 6.61 Å². The summed E-state index contributed by atoms with van der Waals surface area (Å²) in [5, 5.41) is -0.0610. The maximum Gasteiger partial charge on any atom is 0.162 e. The molecule has 1 atom stereocenters. The van der Waals surface area contributed by atoms with Crippen molar-refractivity contribution in [3.63, 3.8) is 0 Å². The van der Waals surface area contributed by atoms with Crippen LogP contribution in [-0.2, 0) is 11.3 Å². The number of hydrogen-bond acceptors (Lipinski definition) is 1. The highest BCUT2D eigenvalue weighted by Gasteiger charge is 2.01. The maximum atomic E-state index is 5.83. The summed E-state index contributed by atoms with van der Waals surface area (Å²) in [5.41, 5.74) is 4.14. The summed E-state index contributed by atoms with van der Waals surface area (Å²) in [6.07, 6.45) is 5.50. The molecular weight excluding hydrogens is 208 g/mol. The van der Waals surface area contributed by atoms with Crippen molar-refractivity contribution < 1.29 is 4.74 Å². The molecule has 76 valence electrons. The molecule has 0 aromatic heterocycles. The van der Waals surface area contributed by atoms with E-state index in [0.29, 0.717) is 6.61 Å². The second-order valence-corrected chi connectivity index (χ2v) is 3.76. The van der Waals surface area contributed by atoms with Crippen LogP contribution in [-0.4, -0.2) is 5.38 Å². The monoisotopic (exact) mass is 218 g/mol. The zero-order valence-corrected chi connectivity index (χ0v) is 8.95. The summed E-state index contributed by atoms with van der Waals surface area (Å²) in [6.45, 7) is 0.564. The summed E-state index contributed by atoms with van der Waals surface area (Å²) < 4.78 is 5.55. The van der Waals surface area contributed by atoms with E-state index in [0.717, 1.165) is 11.3 Å². The highest BCUT2D eigenvalue weighted by atomic mass is 35.5. The molecule has 0 saturated heterocycles. The van der Waals surface area contributed by atoms with Gasteiger partial charge in [0, 0.05) is 0 Å². The molecule has 1 nitrogen and oxygen atoms in total. The van der Waals surface area contributed by atoms with E-state index < -0.39 is 0 Å². The van der Waals surface area contributed by atoms with Gasteiger partial charge in [0.2, 0.25) is 0 Å². The van der Waals surface area contributed by atoms with Gasteiger partial charge in [0.05, 0.1) is 5.38 Å². The third-order valence-electron chi connectivity index (χ3n) is 2.05. The molecule has 0 N–H and O–H groups in total. The van der Waals surface area contributed by atoms with Crippen LogP contribution in [0.5, 0.6) is 0 Å². The molecule has 0 amide bonds. The highest BCUT2D eigenvalue weighted by Crippen LogP contribution is 2.12. The van der Waals surface area contributed by atoms with Crippen molar-refractivity contribution in [2.75, 3.05) is 0 Å². The lowest BCUT2D eigenvalue weighted by atomic mass is 10.2.